The molecule has 2 aromatic carbocycles. The van der Waals surface area contributed by atoms with Gasteiger partial charge in [0.1, 0.15) is 11.6 Å². The molecule has 4 aromatic rings. The summed E-state index contributed by atoms with van der Waals surface area (Å²) < 4.78 is 22.5. The number of aromatic nitrogens is 2. The average molecular weight is 484 g/mol. The molecular weight excluding hydrogens is 465 g/mol. The molecule has 0 atom stereocenters. The van der Waals surface area contributed by atoms with E-state index in [9.17, 15) is 9.59 Å². The third-order valence-electron chi connectivity index (χ3n) is 5.11. The second kappa shape index (κ2) is 7.77. The number of hydrogen-bond donors (Lipinski definition) is 1. The van der Waals surface area contributed by atoms with Crippen molar-refractivity contribution in [2.75, 3.05) is 5.32 Å². The number of fused-ring (bicyclic) bond motifs is 1. The molecule has 31 heavy (non-hydrogen) atoms. The quantitative estimate of drug-likeness (QED) is 0.421. The van der Waals surface area contributed by atoms with E-state index in [1.165, 1.54) is 19.1 Å². The second-order valence-electron chi connectivity index (χ2n) is 7.38. The molecule has 0 fully saturated rings. The number of nitrogens with one attached hydrogen (secondary N) is 1. The lowest BCUT2D eigenvalue weighted by molar-refractivity contribution is -0.114. The van der Waals surface area contributed by atoms with E-state index in [2.05, 4.69) is 26.4 Å². The highest BCUT2D eigenvalue weighted by molar-refractivity contribution is 9.10. The molecule has 0 aliphatic rings. The zero-order valence-corrected chi connectivity index (χ0v) is 18.9. The first kappa shape index (κ1) is 21.0. The van der Waals surface area contributed by atoms with Crippen molar-refractivity contribution in [2.24, 2.45) is 0 Å². The predicted octanol–water partition coefficient (Wildman–Crippen LogP) is 5.43. The lowest BCUT2D eigenvalue weighted by atomic mass is 10.0. The zero-order valence-electron chi connectivity index (χ0n) is 17.3. The van der Waals surface area contributed by atoms with Crippen LogP contribution in [0.2, 0.25) is 0 Å². The number of rotatable bonds is 3. The van der Waals surface area contributed by atoms with E-state index in [1.807, 2.05) is 26.0 Å². The molecule has 6 nitrogen and oxygen atoms in total. The van der Waals surface area contributed by atoms with Gasteiger partial charge in [0.05, 0.1) is 22.6 Å². The van der Waals surface area contributed by atoms with E-state index < -0.39 is 5.82 Å². The molecular formula is C23H19BrFN3O3. The first-order valence-electron chi connectivity index (χ1n) is 9.54. The maximum atomic E-state index is 15.1. The highest BCUT2D eigenvalue weighted by atomic mass is 79.9. The van der Waals surface area contributed by atoms with Crippen molar-refractivity contribution in [3.05, 3.63) is 74.1 Å². The van der Waals surface area contributed by atoms with E-state index in [0.717, 1.165) is 16.8 Å². The summed E-state index contributed by atoms with van der Waals surface area (Å²) in [5, 5.41) is 7.14. The van der Waals surface area contributed by atoms with Gasteiger partial charge in [-0.25, -0.2) is 4.39 Å². The van der Waals surface area contributed by atoms with Gasteiger partial charge in [-0.2, -0.15) is 0 Å². The Morgan fingerprint density at radius 2 is 1.90 bits per heavy atom. The van der Waals surface area contributed by atoms with Crippen LogP contribution >= 0.6 is 15.9 Å². The summed E-state index contributed by atoms with van der Waals surface area (Å²) in [6, 6.07) is 9.69. The van der Waals surface area contributed by atoms with Gasteiger partial charge in [0.2, 0.25) is 5.91 Å². The first-order chi connectivity index (χ1) is 14.7. The fourth-order valence-corrected chi connectivity index (χ4v) is 4.23. The Labute approximate surface area is 185 Å². The molecule has 1 N–H and O–H groups in total. The number of carbonyl (C=O) groups is 1. The van der Waals surface area contributed by atoms with Gasteiger partial charge in [-0.15, -0.1) is 0 Å². The van der Waals surface area contributed by atoms with Crippen LogP contribution in [0.1, 0.15) is 24.1 Å². The van der Waals surface area contributed by atoms with Gasteiger partial charge in [-0.1, -0.05) is 11.2 Å². The highest BCUT2D eigenvalue weighted by Gasteiger charge is 2.18. The number of anilines is 1. The lowest BCUT2D eigenvalue weighted by Crippen LogP contribution is -2.13. The van der Waals surface area contributed by atoms with Crippen molar-refractivity contribution in [3.8, 4) is 16.8 Å². The van der Waals surface area contributed by atoms with Gasteiger partial charge in [0, 0.05) is 34.1 Å². The maximum Gasteiger partial charge on any atom is 0.221 e. The summed E-state index contributed by atoms with van der Waals surface area (Å²) in [5.41, 5.74) is 3.94. The van der Waals surface area contributed by atoms with Gasteiger partial charge in [0.25, 0.3) is 0 Å². The second-order valence-corrected chi connectivity index (χ2v) is 8.24. The Morgan fingerprint density at radius 1 is 1.16 bits per heavy atom. The van der Waals surface area contributed by atoms with Crippen molar-refractivity contribution in [3.63, 3.8) is 0 Å². The predicted molar refractivity (Wildman–Crippen MR) is 121 cm³/mol. The van der Waals surface area contributed by atoms with Crippen molar-refractivity contribution in [2.45, 2.75) is 27.7 Å². The molecule has 8 heteroatoms. The summed E-state index contributed by atoms with van der Waals surface area (Å²) >= 11 is 3.28. The minimum absolute atomic E-state index is 0.159. The SMILES string of the molecule is CC(=O)Nc1cc(-n2c(C)cc(=O)c3ccc(-c4c(C)noc4C)cc32)c(F)cc1Br. The summed E-state index contributed by atoms with van der Waals surface area (Å²) in [4.78, 5) is 24.2. The van der Waals surface area contributed by atoms with Crippen LogP contribution in [0.5, 0.6) is 0 Å². The molecule has 0 saturated heterocycles. The van der Waals surface area contributed by atoms with Crippen molar-refractivity contribution in [1.29, 1.82) is 0 Å². The Morgan fingerprint density at radius 3 is 2.55 bits per heavy atom. The normalized spacial score (nSPS) is 11.2. The maximum absolute atomic E-state index is 15.1. The lowest BCUT2D eigenvalue weighted by Gasteiger charge is -2.18. The number of benzene rings is 2. The van der Waals surface area contributed by atoms with E-state index in [4.69, 9.17) is 4.52 Å². The topological polar surface area (TPSA) is 77.1 Å². The van der Waals surface area contributed by atoms with Gasteiger partial charge in [-0.3, -0.25) is 9.59 Å². The third-order valence-corrected chi connectivity index (χ3v) is 5.76. The monoisotopic (exact) mass is 483 g/mol. The highest BCUT2D eigenvalue weighted by Crippen LogP contribution is 2.33. The summed E-state index contributed by atoms with van der Waals surface area (Å²) in [5.74, 6) is -0.127. The molecule has 0 aliphatic carbocycles. The summed E-state index contributed by atoms with van der Waals surface area (Å²) in [7, 11) is 0. The fourth-order valence-electron chi connectivity index (χ4n) is 3.81. The Kier molecular flexibility index (Phi) is 5.26. The molecule has 0 aliphatic heterocycles. The van der Waals surface area contributed by atoms with Crippen LogP contribution in [-0.2, 0) is 4.79 Å². The van der Waals surface area contributed by atoms with Gasteiger partial charge < -0.3 is 14.4 Å². The molecule has 4 rings (SSSR count). The molecule has 0 saturated carbocycles. The molecule has 0 unspecified atom stereocenters. The Balaban J connectivity index is 2.06. The van der Waals surface area contributed by atoms with Crippen LogP contribution in [0.4, 0.5) is 10.1 Å². The summed E-state index contributed by atoms with van der Waals surface area (Å²) in [6.07, 6.45) is 0. The van der Waals surface area contributed by atoms with Crippen molar-refractivity contribution < 1.29 is 13.7 Å². The molecule has 1 amide bonds. The van der Waals surface area contributed by atoms with E-state index in [0.29, 0.717) is 32.5 Å². The number of hydrogen-bond acceptors (Lipinski definition) is 4. The van der Waals surface area contributed by atoms with Crippen LogP contribution < -0.4 is 10.7 Å². The third kappa shape index (κ3) is 3.67. The number of halogens is 2. The molecule has 2 aromatic heterocycles. The Hall–Kier alpha value is -3.26. The number of carbonyl (C=O) groups excluding carboxylic acids is 1. The van der Waals surface area contributed by atoms with Crippen LogP contribution in [0, 0.1) is 26.6 Å². The average Bonchev–Trinajstić information content (AvgIpc) is 3.02. The van der Waals surface area contributed by atoms with Crippen LogP contribution in [0.25, 0.3) is 27.7 Å². The number of nitrogens with zero attached hydrogens (tertiary/aromatic N) is 2. The molecule has 158 valence electrons. The minimum Gasteiger partial charge on any atom is -0.361 e. The first-order valence-corrected chi connectivity index (χ1v) is 10.3. The van der Waals surface area contributed by atoms with Crippen LogP contribution in [-0.4, -0.2) is 15.6 Å². The fraction of sp³-hybridized carbons (Fsp3) is 0.174. The number of aryl methyl sites for hydroxylation is 3. The molecule has 2 heterocycles. The van der Waals surface area contributed by atoms with Gasteiger partial charge >= 0.3 is 0 Å². The zero-order chi connectivity index (χ0) is 22.4. The molecule has 0 bridgehead atoms. The minimum atomic E-state index is -0.503. The number of pyridine rings is 1. The van der Waals surface area contributed by atoms with Crippen molar-refractivity contribution >= 4 is 38.4 Å². The van der Waals surface area contributed by atoms with E-state index in [1.54, 1.807) is 23.6 Å². The van der Waals surface area contributed by atoms with Gasteiger partial charge in [-0.05, 0) is 66.5 Å². The summed E-state index contributed by atoms with van der Waals surface area (Å²) in [6.45, 7) is 6.78. The van der Waals surface area contributed by atoms with E-state index >= 15 is 4.39 Å². The molecule has 0 radical (unpaired) electrons. The van der Waals surface area contributed by atoms with Gasteiger partial charge in [0.15, 0.2) is 5.43 Å². The largest absolute Gasteiger partial charge is 0.361 e. The Bertz CT molecular complexity index is 1400. The van der Waals surface area contributed by atoms with Crippen LogP contribution in [0.15, 0.2) is 50.2 Å². The van der Waals surface area contributed by atoms with E-state index in [-0.39, 0.29) is 17.0 Å². The number of amides is 1. The molecule has 0 spiro atoms. The smallest absolute Gasteiger partial charge is 0.221 e. The van der Waals surface area contributed by atoms with Crippen molar-refractivity contribution in [1.82, 2.24) is 9.72 Å². The van der Waals surface area contributed by atoms with Crippen LogP contribution in [0.3, 0.4) is 0 Å². The standard InChI is InChI=1S/C23H19BrFN3O3/c1-11-7-22(30)16-6-5-15(23-12(2)27-31-13(23)3)8-20(16)28(11)21-10-19(26-14(4)29)17(24)9-18(21)25/h5-10H,1-4H3,(H,26,29).